The number of hydrogen-bond acceptors (Lipinski definition) is 5. The van der Waals surface area contributed by atoms with Crippen molar-refractivity contribution in [2.24, 2.45) is 0 Å². The summed E-state index contributed by atoms with van der Waals surface area (Å²) in [5.74, 6) is 0.748. The van der Waals surface area contributed by atoms with Gasteiger partial charge in [-0.15, -0.1) is 0 Å². The van der Waals surface area contributed by atoms with Gasteiger partial charge in [0.05, 0.1) is 23.4 Å². The molecule has 0 bridgehead atoms. The van der Waals surface area contributed by atoms with E-state index in [0.29, 0.717) is 13.2 Å². The van der Waals surface area contributed by atoms with Crippen molar-refractivity contribution in [3.8, 4) is 5.75 Å². The molecule has 2 heterocycles. The van der Waals surface area contributed by atoms with E-state index in [1.807, 2.05) is 50.8 Å². The molecule has 0 radical (unpaired) electrons. The Bertz CT molecular complexity index is 601. The van der Waals surface area contributed by atoms with Gasteiger partial charge in [-0.1, -0.05) is 12.6 Å². The molecule has 0 saturated carbocycles. The molecule has 2 aliphatic rings. The van der Waals surface area contributed by atoms with Gasteiger partial charge in [0.25, 0.3) is 0 Å². The van der Waals surface area contributed by atoms with E-state index in [4.69, 9.17) is 14.0 Å². The molecule has 1 fully saturated rings. The lowest BCUT2D eigenvalue weighted by Crippen LogP contribution is -2.42. The minimum atomic E-state index is -0.744. The normalized spacial score (nSPS) is 23.2. The van der Waals surface area contributed by atoms with Gasteiger partial charge in [-0.3, -0.25) is 0 Å². The van der Waals surface area contributed by atoms with Crippen LogP contribution in [0, 0.1) is 0 Å². The molecule has 1 saturated heterocycles. The number of hydrogen-bond donors (Lipinski definition) is 1. The molecule has 1 N–H and O–H groups in total. The van der Waals surface area contributed by atoms with Crippen molar-refractivity contribution in [2.45, 2.75) is 45.1 Å². The summed E-state index contributed by atoms with van der Waals surface area (Å²) in [6.45, 7) is 12.9. The van der Waals surface area contributed by atoms with Crippen LogP contribution in [-0.4, -0.2) is 42.8 Å². The third-order valence-electron chi connectivity index (χ3n) is 4.94. The van der Waals surface area contributed by atoms with Crippen molar-refractivity contribution >= 4 is 18.3 Å². The monoisotopic (exact) mass is 317 g/mol. The molecule has 0 spiro atoms. The van der Waals surface area contributed by atoms with Crippen LogP contribution in [-0.2, 0) is 9.31 Å². The fourth-order valence-corrected chi connectivity index (χ4v) is 2.78. The molecule has 1 aromatic carbocycles. The van der Waals surface area contributed by atoms with E-state index in [9.17, 15) is 5.11 Å². The molecule has 0 aliphatic carbocycles. The minimum Gasteiger partial charge on any atom is -0.490 e. The van der Waals surface area contributed by atoms with Gasteiger partial charge in [-0.2, -0.15) is 0 Å². The van der Waals surface area contributed by atoms with Gasteiger partial charge < -0.3 is 24.1 Å². The highest BCUT2D eigenvalue weighted by molar-refractivity contribution is 6.62. The van der Waals surface area contributed by atoms with E-state index < -0.39 is 13.3 Å². The lowest BCUT2D eigenvalue weighted by molar-refractivity contribution is 0.00578. The summed E-state index contributed by atoms with van der Waals surface area (Å²) in [6, 6.07) is 5.81. The van der Waals surface area contributed by atoms with Crippen molar-refractivity contribution in [3.63, 3.8) is 0 Å². The van der Waals surface area contributed by atoms with Crippen LogP contribution in [0.4, 0.5) is 5.69 Å². The van der Waals surface area contributed by atoms with Crippen LogP contribution in [0.25, 0.3) is 0 Å². The number of aliphatic hydroxyl groups is 1. The van der Waals surface area contributed by atoms with E-state index in [1.54, 1.807) is 0 Å². The summed E-state index contributed by atoms with van der Waals surface area (Å²) in [4.78, 5) is 1.86. The van der Waals surface area contributed by atoms with E-state index in [1.165, 1.54) is 6.08 Å². The number of benzene rings is 1. The maximum atomic E-state index is 10.1. The van der Waals surface area contributed by atoms with E-state index in [2.05, 4.69) is 6.58 Å². The van der Waals surface area contributed by atoms with Crippen LogP contribution in [0.1, 0.15) is 27.7 Å². The van der Waals surface area contributed by atoms with Gasteiger partial charge in [-0.25, -0.2) is 0 Å². The maximum absolute atomic E-state index is 10.1. The predicted octanol–water partition coefficient (Wildman–Crippen LogP) is 1.69. The molecule has 6 heteroatoms. The Morgan fingerprint density at radius 1 is 1.26 bits per heavy atom. The van der Waals surface area contributed by atoms with Crippen LogP contribution in [0.5, 0.6) is 5.75 Å². The second-order valence-electron chi connectivity index (χ2n) is 7.01. The third kappa shape index (κ3) is 2.75. The van der Waals surface area contributed by atoms with Crippen LogP contribution >= 0.6 is 0 Å². The SMILES string of the molecule is C=CC(O)N1CCOc2ccc(B3OC(C)(C)C(C)(C)O3)cc21. The molecule has 23 heavy (non-hydrogen) atoms. The molecule has 5 nitrogen and oxygen atoms in total. The van der Waals surface area contributed by atoms with Crippen LogP contribution < -0.4 is 15.1 Å². The van der Waals surface area contributed by atoms with Gasteiger partial charge in [0, 0.05) is 0 Å². The first-order chi connectivity index (χ1) is 10.7. The Labute approximate surface area is 138 Å². The smallest absolute Gasteiger partial charge is 0.490 e. The molecule has 1 unspecified atom stereocenters. The topological polar surface area (TPSA) is 51.2 Å². The highest BCUT2D eigenvalue weighted by Gasteiger charge is 2.51. The Morgan fingerprint density at radius 2 is 1.91 bits per heavy atom. The lowest BCUT2D eigenvalue weighted by Gasteiger charge is -2.34. The zero-order valence-electron chi connectivity index (χ0n) is 14.2. The van der Waals surface area contributed by atoms with Gasteiger partial charge in [0.1, 0.15) is 18.6 Å². The number of nitrogens with zero attached hydrogens (tertiary/aromatic N) is 1. The average molecular weight is 317 g/mol. The molecular weight excluding hydrogens is 293 g/mol. The summed E-state index contributed by atoms with van der Waals surface area (Å²) < 4.78 is 17.9. The molecule has 124 valence electrons. The number of rotatable bonds is 3. The number of fused-ring (bicyclic) bond motifs is 1. The van der Waals surface area contributed by atoms with Gasteiger partial charge in [0.2, 0.25) is 0 Å². The zero-order valence-corrected chi connectivity index (χ0v) is 14.2. The van der Waals surface area contributed by atoms with Crippen LogP contribution in [0.2, 0.25) is 0 Å². The molecular formula is C17H24BNO4. The maximum Gasteiger partial charge on any atom is 0.494 e. The fraction of sp³-hybridized carbons (Fsp3) is 0.529. The Morgan fingerprint density at radius 3 is 2.52 bits per heavy atom. The number of ether oxygens (including phenoxy) is 1. The summed E-state index contributed by atoms with van der Waals surface area (Å²) in [6.07, 6.45) is 0.766. The van der Waals surface area contributed by atoms with E-state index in [0.717, 1.165) is 16.9 Å². The van der Waals surface area contributed by atoms with Crippen molar-refractivity contribution in [3.05, 3.63) is 30.9 Å². The molecule has 2 aliphatic heterocycles. The molecule has 1 aromatic rings. The van der Waals surface area contributed by atoms with Crippen molar-refractivity contribution in [2.75, 3.05) is 18.1 Å². The van der Waals surface area contributed by atoms with E-state index >= 15 is 0 Å². The second kappa shape index (κ2) is 5.55. The van der Waals surface area contributed by atoms with Crippen LogP contribution in [0.15, 0.2) is 30.9 Å². The van der Waals surface area contributed by atoms with Crippen molar-refractivity contribution in [1.29, 1.82) is 0 Å². The summed E-state index contributed by atoms with van der Waals surface area (Å²) in [7, 11) is -0.435. The third-order valence-corrected chi connectivity index (χ3v) is 4.94. The highest BCUT2D eigenvalue weighted by Crippen LogP contribution is 2.38. The first-order valence-corrected chi connectivity index (χ1v) is 7.95. The molecule has 0 amide bonds. The summed E-state index contributed by atoms with van der Waals surface area (Å²) in [5, 5.41) is 10.1. The Hall–Kier alpha value is -1.50. The van der Waals surface area contributed by atoms with Crippen LogP contribution in [0.3, 0.4) is 0 Å². The van der Waals surface area contributed by atoms with Gasteiger partial charge in [-0.05, 0) is 51.4 Å². The summed E-state index contributed by atoms with van der Waals surface area (Å²) >= 11 is 0. The quantitative estimate of drug-likeness (QED) is 0.679. The largest absolute Gasteiger partial charge is 0.494 e. The van der Waals surface area contributed by atoms with E-state index in [-0.39, 0.29) is 11.2 Å². The zero-order chi connectivity index (χ0) is 16.8. The molecule has 3 rings (SSSR count). The Balaban J connectivity index is 1.93. The Kier molecular flexibility index (Phi) is 3.95. The van der Waals surface area contributed by atoms with Crippen molar-refractivity contribution in [1.82, 2.24) is 0 Å². The van der Waals surface area contributed by atoms with Gasteiger partial charge in [0.15, 0.2) is 0 Å². The minimum absolute atomic E-state index is 0.385. The predicted molar refractivity (Wildman–Crippen MR) is 91.2 cm³/mol. The summed E-state index contributed by atoms with van der Waals surface area (Å²) in [5.41, 5.74) is 0.972. The van der Waals surface area contributed by atoms with Gasteiger partial charge >= 0.3 is 7.12 Å². The first kappa shape index (κ1) is 16.4. The second-order valence-corrected chi connectivity index (χ2v) is 7.01. The number of anilines is 1. The lowest BCUT2D eigenvalue weighted by atomic mass is 9.78. The van der Waals surface area contributed by atoms with Crippen molar-refractivity contribution < 1.29 is 19.2 Å². The standard InChI is InChI=1S/C17H24BNO4/c1-6-15(20)19-9-10-21-14-8-7-12(11-13(14)19)18-22-16(2,3)17(4,5)23-18/h6-8,11,15,20H,1,9-10H2,2-5H3. The number of aliphatic hydroxyl groups excluding tert-OH is 1. The molecule has 1 atom stereocenters. The fourth-order valence-electron chi connectivity index (χ4n) is 2.78. The first-order valence-electron chi connectivity index (χ1n) is 7.95. The highest BCUT2D eigenvalue weighted by atomic mass is 16.7. The molecule has 0 aromatic heterocycles. The average Bonchev–Trinajstić information content (AvgIpc) is 2.73.